The number of allylic oxidation sites excluding steroid dienone is 1. The fourth-order valence-electron chi connectivity index (χ4n) is 0.927. The summed E-state index contributed by atoms with van der Waals surface area (Å²) in [5, 5.41) is 0. The molecule has 1 aliphatic rings. The highest BCUT2D eigenvalue weighted by Crippen LogP contribution is 2.39. The maximum Gasteiger partial charge on any atom is 0.534 e. The van der Waals surface area contributed by atoms with Crippen molar-refractivity contribution in [1.29, 1.82) is 0 Å². The summed E-state index contributed by atoms with van der Waals surface area (Å²) in [5.41, 5.74) is -5.52. The quantitative estimate of drug-likeness (QED) is 0.254. The van der Waals surface area contributed by atoms with E-state index in [9.17, 15) is 26.4 Å². The van der Waals surface area contributed by atoms with Gasteiger partial charge in [-0.1, -0.05) is 0 Å². The van der Waals surface area contributed by atoms with E-state index in [1.807, 2.05) is 0 Å². The zero-order valence-corrected chi connectivity index (χ0v) is 9.47. The monoisotopic (exact) mass is 274 g/mol. The van der Waals surface area contributed by atoms with Gasteiger partial charge in [0.25, 0.3) is 0 Å². The Morgan fingerprint density at radius 2 is 1.88 bits per heavy atom. The largest absolute Gasteiger partial charge is 0.534 e. The number of methoxy groups -OCH3 is 1. The standard InChI is InChI=1S/C8H9F3O5S/c1-15-7(12)4-6(5-2-3-5)16-17(13,14)8(9,10)11/h4-5H,2-3H2,1H3. The molecule has 0 aromatic rings. The topological polar surface area (TPSA) is 69.7 Å². The fourth-order valence-corrected chi connectivity index (χ4v) is 1.46. The summed E-state index contributed by atoms with van der Waals surface area (Å²) in [5.74, 6) is -1.98. The number of halogens is 3. The molecule has 0 radical (unpaired) electrons. The van der Waals surface area contributed by atoms with Gasteiger partial charge in [0.1, 0.15) is 5.76 Å². The minimum Gasteiger partial charge on any atom is -0.466 e. The molecule has 0 atom stereocenters. The average Bonchev–Trinajstić information content (AvgIpc) is 2.97. The van der Waals surface area contributed by atoms with Crippen LogP contribution in [-0.2, 0) is 23.8 Å². The third kappa shape index (κ3) is 3.62. The van der Waals surface area contributed by atoms with Crippen LogP contribution < -0.4 is 0 Å². The molecule has 0 bridgehead atoms. The highest BCUT2D eigenvalue weighted by molar-refractivity contribution is 7.87. The molecule has 17 heavy (non-hydrogen) atoms. The van der Waals surface area contributed by atoms with Gasteiger partial charge in [-0.25, -0.2) is 4.79 Å². The Bertz CT molecular complexity index is 433. The van der Waals surface area contributed by atoms with Crippen LogP contribution in [0.4, 0.5) is 13.2 Å². The van der Waals surface area contributed by atoms with E-state index in [1.165, 1.54) is 0 Å². The average molecular weight is 274 g/mol. The normalized spacial score (nSPS) is 17.8. The molecule has 9 heteroatoms. The molecule has 0 N–H and O–H groups in total. The molecule has 0 amide bonds. The molecule has 98 valence electrons. The lowest BCUT2D eigenvalue weighted by Gasteiger charge is -2.11. The molecule has 1 saturated carbocycles. The van der Waals surface area contributed by atoms with Crippen molar-refractivity contribution in [3.8, 4) is 0 Å². The third-order valence-corrected chi connectivity index (χ3v) is 2.91. The van der Waals surface area contributed by atoms with Crippen molar-refractivity contribution < 1.29 is 35.3 Å². The Hall–Kier alpha value is -1.25. The zero-order valence-electron chi connectivity index (χ0n) is 8.65. The first kappa shape index (κ1) is 13.8. The molecular weight excluding hydrogens is 265 g/mol. The van der Waals surface area contributed by atoms with Crippen molar-refractivity contribution in [2.24, 2.45) is 5.92 Å². The molecule has 1 rings (SSSR count). The Morgan fingerprint density at radius 1 is 1.35 bits per heavy atom. The lowest BCUT2D eigenvalue weighted by Crippen LogP contribution is -2.26. The second-order valence-corrected chi connectivity index (χ2v) is 4.87. The number of carbonyl (C=O) groups excluding carboxylic acids is 1. The number of alkyl halides is 3. The van der Waals surface area contributed by atoms with Gasteiger partial charge in [0.05, 0.1) is 13.2 Å². The van der Waals surface area contributed by atoms with Gasteiger partial charge in [0.2, 0.25) is 0 Å². The molecule has 0 saturated heterocycles. The summed E-state index contributed by atoms with van der Waals surface area (Å²) in [7, 11) is -4.72. The van der Waals surface area contributed by atoms with Crippen molar-refractivity contribution in [3.05, 3.63) is 11.8 Å². The number of ether oxygens (including phenoxy) is 1. The number of carbonyl (C=O) groups is 1. The molecule has 0 aromatic heterocycles. The van der Waals surface area contributed by atoms with Gasteiger partial charge in [-0.15, -0.1) is 0 Å². The summed E-state index contributed by atoms with van der Waals surface area (Å²) in [6.07, 6.45) is 1.55. The number of rotatable bonds is 4. The molecule has 0 unspecified atom stereocenters. The molecular formula is C8H9F3O5S. The van der Waals surface area contributed by atoms with E-state index in [1.54, 1.807) is 0 Å². The van der Waals surface area contributed by atoms with Gasteiger partial charge in [0, 0.05) is 5.92 Å². The van der Waals surface area contributed by atoms with Crippen molar-refractivity contribution in [2.75, 3.05) is 7.11 Å². The number of hydrogen-bond acceptors (Lipinski definition) is 5. The predicted octanol–water partition coefficient (Wildman–Crippen LogP) is 1.32. The van der Waals surface area contributed by atoms with Crippen molar-refractivity contribution in [1.82, 2.24) is 0 Å². The SMILES string of the molecule is COC(=O)C=C(OS(=O)(=O)C(F)(F)F)C1CC1. The van der Waals surface area contributed by atoms with Crippen LogP contribution in [0.3, 0.4) is 0 Å². The maximum atomic E-state index is 12.0. The van der Waals surface area contributed by atoms with Crippen molar-refractivity contribution in [2.45, 2.75) is 18.3 Å². The molecule has 1 aliphatic carbocycles. The molecule has 0 spiro atoms. The van der Waals surface area contributed by atoms with Gasteiger partial charge in [0.15, 0.2) is 0 Å². The van der Waals surface area contributed by atoms with E-state index in [0.717, 1.165) is 7.11 Å². The minimum absolute atomic E-state index is 0.468. The van der Waals surface area contributed by atoms with Crippen LogP contribution in [0.25, 0.3) is 0 Å². The van der Waals surface area contributed by atoms with Crippen LogP contribution in [0.2, 0.25) is 0 Å². The number of hydrogen-bond donors (Lipinski definition) is 0. The summed E-state index contributed by atoms with van der Waals surface area (Å²) in [4.78, 5) is 10.8. The first-order valence-corrected chi connectivity index (χ1v) is 5.88. The second kappa shape index (κ2) is 4.55. The third-order valence-electron chi connectivity index (χ3n) is 1.93. The second-order valence-electron chi connectivity index (χ2n) is 3.33. The maximum absolute atomic E-state index is 12.0. The van der Waals surface area contributed by atoms with Crippen molar-refractivity contribution in [3.63, 3.8) is 0 Å². The van der Waals surface area contributed by atoms with Gasteiger partial charge in [-0.2, -0.15) is 21.6 Å². The van der Waals surface area contributed by atoms with E-state index in [2.05, 4.69) is 8.92 Å². The summed E-state index contributed by atoms with van der Waals surface area (Å²) in [6.45, 7) is 0. The molecule has 0 heterocycles. The fraction of sp³-hybridized carbons (Fsp3) is 0.625. The highest BCUT2D eigenvalue weighted by atomic mass is 32.2. The highest BCUT2D eigenvalue weighted by Gasteiger charge is 2.50. The first-order valence-electron chi connectivity index (χ1n) is 4.47. The van der Waals surface area contributed by atoms with E-state index in [4.69, 9.17) is 0 Å². The van der Waals surface area contributed by atoms with E-state index >= 15 is 0 Å². The Morgan fingerprint density at radius 3 is 2.24 bits per heavy atom. The van der Waals surface area contributed by atoms with Crippen molar-refractivity contribution >= 4 is 16.1 Å². The lowest BCUT2D eigenvalue weighted by molar-refractivity contribution is -0.135. The Kier molecular flexibility index (Phi) is 3.70. The van der Waals surface area contributed by atoms with Gasteiger partial charge in [-0.05, 0) is 12.8 Å². The zero-order chi connectivity index (χ0) is 13.3. The van der Waals surface area contributed by atoms with E-state index in [-0.39, 0.29) is 0 Å². The van der Waals surface area contributed by atoms with Crippen LogP contribution in [0.1, 0.15) is 12.8 Å². The molecule has 1 fully saturated rings. The van der Waals surface area contributed by atoms with Crippen LogP contribution in [0.5, 0.6) is 0 Å². The van der Waals surface area contributed by atoms with E-state index in [0.29, 0.717) is 18.9 Å². The molecule has 0 aromatic carbocycles. The predicted molar refractivity (Wildman–Crippen MR) is 48.9 cm³/mol. The van der Waals surface area contributed by atoms with E-state index < -0.39 is 33.3 Å². The van der Waals surface area contributed by atoms with Crippen LogP contribution in [0.15, 0.2) is 11.8 Å². The lowest BCUT2D eigenvalue weighted by atomic mass is 10.3. The Balaban J connectivity index is 2.89. The number of esters is 1. The summed E-state index contributed by atoms with van der Waals surface area (Å²) < 4.78 is 65.7. The molecule has 0 aliphatic heterocycles. The molecule has 5 nitrogen and oxygen atoms in total. The van der Waals surface area contributed by atoms with Gasteiger partial charge in [-0.3, -0.25) is 0 Å². The Labute approximate surface area is 95.3 Å². The van der Waals surface area contributed by atoms with Gasteiger partial charge < -0.3 is 8.92 Å². The van der Waals surface area contributed by atoms with Crippen LogP contribution in [-0.4, -0.2) is 27.0 Å². The summed E-state index contributed by atoms with van der Waals surface area (Å²) in [6, 6.07) is 0. The van der Waals surface area contributed by atoms with Gasteiger partial charge >= 0.3 is 21.6 Å². The minimum atomic E-state index is -5.73. The summed E-state index contributed by atoms with van der Waals surface area (Å²) >= 11 is 0. The van der Waals surface area contributed by atoms with Crippen LogP contribution in [0, 0.1) is 5.92 Å². The smallest absolute Gasteiger partial charge is 0.466 e. The first-order chi connectivity index (χ1) is 7.67. The van der Waals surface area contributed by atoms with Crippen LogP contribution >= 0.6 is 0 Å².